The second-order valence-corrected chi connectivity index (χ2v) is 9.65. The lowest BCUT2D eigenvalue weighted by Crippen LogP contribution is -2.48. The highest BCUT2D eigenvalue weighted by molar-refractivity contribution is 5.83. The highest BCUT2D eigenvalue weighted by Crippen LogP contribution is 2.36. The fourth-order valence-corrected chi connectivity index (χ4v) is 5.65. The van der Waals surface area contributed by atoms with Crippen molar-refractivity contribution in [3.63, 3.8) is 0 Å². The van der Waals surface area contributed by atoms with Gasteiger partial charge >= 0.3 is 0 Å². The quantitative estimate of drug-likeness (QED) is 0.800. The van der Waals surface area contributed by atoms with Crippen LogP contribution in [-0.4, -0.2) is 71.9 Å². The normalized spacial score (nSPS) is 28.7. The maximum absolute atomic E-state index is 13.1. The average molecular weight is 385 g/mol. The molecule has 0 aromatic carbocycles. The van der Waals surface area contributed by atoms with Gasteiger partial charge < -0.3 is 9.80 Å². The van der Waals surface area contributed by atoms with Crippen molar-refractivity contribution >= 4 is 5.91 Å². The first-order chi connectivity index (χ1) is 13.5. The van der Waals surface area contributed by atoms with Crippen LogP contribution in [0.1, 0.15) is 44.6 Å². The topological polar surface area (TPSA) is 39.7 Å². The molecule has 0 N–H and O–H groups in total. The molecule has 0 radical (unpaired) electrons. The Morgan fingerprint density at radius 3 is 2.36 bits per heavy atom. The third kappa shape index (κ3) is 4.41. The summed E-state index contributed by atoms with van der Waals surface area (Å²) in [6.45, 7) is 9.50. The maximum atomic E-state index is 13.1. The van der Waals surface area contributed by atoms with Gasteiger partial charge in [0.25, 0.3) is 0 Å². The molecule has 28 heavy (non-hydrogen) atoms. The van der Waals surface area contributed by atoms with Crippen LogP contribution >= 0.6 is 0 Å². The number of aromatic nitrogens is 1. The number of nitrogens with zero attached hydrogens (tertiary/aromatic N) is 4. The van der Waals surface area contributed by atoms with Crippen molar-refractivity contribution in [2.45, 2.75) is 45.6 Å². The fourth-order valence-electron chi connectivity index (χ4n) is 5.65. The van der Waals surface area contributed by atoms with Crippen LogP contribution < -0.4 is 0 Å². The molecule has 3 aliphatic heterocycles. The molecule has 1 amide bonds. The molecule has 0 saturated carbocycles. The van der Waals surface area contributed by atoms with E-state index in [1.54, 1.807) is 0 Å². The highest BCUT2D eigenvalue weighted by Gasteiger charge is 2.42. The Balaban J connectivity index is 1.22. The third-order valence-corrected chi connectivity index (χ3v) is 7.44. The van der Waals surface area contributed by atoms with Gasteiger partial charge in [0, 0.05) is 38.6 Å². The van der Waals surface area contributed by atoms with Gasteiger partial charge in [-0.1, -0.05) is 6.07 Å². The van der Waals surface area contributed by atoms with Crippen molar-refractivity contribution in [3.05, 3.63) is 30.1 Å². The van der Waals surface area contributed by atoms with Crippen LogP contribution in [0.4, 0.5) is 0 Å². The van der Waals surface area contributed by atoms with E-state index in [1.807, 2.05) is 18.5 Å². The first-order valence-electron chi connectivity index (χ1n) is 11.1. The van der Waals surface area contributed by atoms with Crippen LogP contribution in [0.15, 0.2) is 24.5 Å². The number of carbonyl (C=O) groups excluding carboxylic acids is 1. The van der Waals surface area contributed by atoms with Crippen molar-refractivity contribution in [2.24, 2.45) is 17.3 Å². The molecule has 0 bridgehead atoms. The number of likely N-dealkylation sites (tertiary alicyclic amines) is 3. The van der Waals surface area contributed by atoms with Gasteiger partial charge in [-0.3, -0.25) is 14.7 Å². The molecule has 1 unspecified atom stereocenters. The monoisotopic (exact) mass is 384 g/mol. The molecule has 5 heteroatoms. The Morgan fingerprint density at radius 2 is 1.79 bits per heavy atom. The van der Waals surface area contributed by atoms with Gasteiger partial charge in [0.2, 0.25) is 5.91 Å². The van der Waals surface area contributed by atoms with E-state index < -0.39 is 0 Å². The van der Waals surface area contributed by atoms with Crippen molar-refractivity contribution in [2.75, 3.05) is 46.3 Å². The van der Waals surface area contributed by atoms with Gasteiger partial charge in [-0.15, -0.1) is 0 Å². The summed E-state index contributed by atoms with van der Waals surface area (Å²) < 4.78 is 0. The summed E-state index contributed by atoms with van der Waals surface area (Å²) in [4.78, 5) is 24.3. The van der Waals surface area contributed by atoms with Gasteiger partial charge in [0.15, 0.2) is 0 Å². The Bertz CT molecular complexity index is 650. The number of carbonyl (C=O) groups is 1. The zero-order valence-corrected chi connectivity index (χ0v) is 17.6. The summed E-state index contributed by atoms with van der Waals surface area (Å²) in [6, 6.07) is 4.20. The number of piperidine rings is 2. The Morgan fingerprint density at radius 1 is 1.11 bits per heavy atom. The molecule has 4 heterocycles. The first-order valence-corrected chi connectivity index (χ1v) is 11.1. The van der Waals surface area contributed by atoms with Crippen LogP contribution in [-0.2, 0) is 11.3 Å². The van der Waals surface area contributed by atoms with Gasteiger partial charge in [0.1, 0.15) is 0 Å². The smallest absolute Gasteiger partial charge is 0.229 e. The molecule has 3 saturated heterocycles. The Hall–Kier alpha value is -1.46. The summed E-state index contributed by atoms with van der Waals surface area (Å²) >= 11 is 0. The molecule has 3 aliphatic rings. The molecule has 154 valence electrons. The minimum absolute atomic E-state index is 0.154. The lowest BCUT2D eigenvalue weighted by atomic mass is 9.78. The highest BCUT2D eigenvalue weighted by atomic mass is 16.2. The second kappa shape index (κ2) is 8.50. The van der Waals surface area contributed by atoms with E-state index in [0.717, 1.165) is 51.0 Å². The van der Waals surface area contributed by atoms with E-state index in [4.69, 9.17) is 0 Å². The number of pyridine rings is 1. The molecule has 1 aromatic rings. The molecule has 5 nitrogen and oxygen atoms in total. The largest absolute Gasteiger partial charge is 0.342 e. The standard InChI is InChI=1S/C23H36N4O/c1-23(9-15-25(2)18-23)22(28)27-13-7-21(8-14-27)20-5-11-26(12-6-20)17-19-4-3-10-24-16-19/h3-4,10,16,20-21H,5-9,11-15,17-18H2,1-2H3. The summed E-state index contributed by atoms with van der Waals surface area (Å²) in [5, 5.41) is 0. The van der Waals surface area contributed by atoms with Crippen molar-refractivity contribution in [3.8, 4) is 0 Å². The van der Waals surface area contributed by atoms with Gasteiger partial charge in [-0.25, -0.2) is 0 Å². The van der Waals surface area contributed by atoms with Crippen molar-refractivity contribution in [1.82, 2.24) is 19.7 Å². The lowest BCUT2D eigenvalue weighted by molar-refractivity contribution is -0.142. The molecule has 0 aliphatic carbocycles. The average Bonchev–Trinajstić information content (AvgIpc) is 3.09. The summed E-state index contributed by atoms with van der Waals surface area (Å²) in [5.41, 5.74) is 1.16. The minimum atomic E-state index is -0.154. The van der Waals surface area contributed by atoms with E-state index in [-0.39, 0.29) is 5.41 Å². The van der Waals surface area contributed by atoms with E-state index >= 15 is 0 Å². The first kappa shape index (κ1) is 19.8. The SMILES string of the molecule is CN1CCC(C)(C(=O)N2CCC(C3CCN(Cc4cccnc4)CC3)CC2)C1. The van der Waals surface area contributed by atoms with E-state index in [9.17, 15) is 4.79 Å². The summed E-state index contributed by atoms with van der Waals surface area (Å²) in [7, 11) is 2.13. The van der Waals surface area contributed by atoms with Gasteiger partial charge in [-0.2, -0.15) is 0 Å². The molecule has 0 spiro atoms. The van der Waals surface area contributed by atoms with Crippen LogP contribution in [0.5, 0.6) is 0 Å². The van der Waals surface area contributed by atoms with E-state index in [1.165, 1.54) is 44.3 Å². The van der Waals surface area contributed by atoms with E-state index in [0.29, 0.717) is 5.91 Å². The van der Waals surface area contributed by atoms with Crippen LogP contribution in [0.25, 0.3) is 0 Å². The van der Waals surface area contributed by atoms with E-state index in [2.05, 4.69) is 39.7 Å². The predicted molar refractivity (Wildman–Crippen MR) is 112 cm³/mol. The summed E-state index contributed by atoms with van der Waals surface area (Å²) in [6.07, 6.45) is 9.86. The molecule has 1 aromatic heterocycles. The number of amides is 1. The number of hydrogen-bond acceptors (Lipinski definition) is 4. The zero-order chi connectivity index (χ0) is 19.6. The number of rotatable bonds is 4. The van der Waals surface area contributed by atoms with Gasteiger partial charge in [-0.05, 0) is 89.2 Å². The Kier molecular flexibility index (Phi) is 6.02. The molecule has 3 fully saturated rings. The molecule has 1 atom stereocenters. The predicted octanol–water partition coefficient (Wildman–Crippen LogP) is 2.87. The lowest BCUT2D eigenvalue weighted by Gasteiger charge is -2.41. The van der Waals surface area contributed by atoms with Crippen LogP contribution in [0, 0.1) is 17.3 Å². The molecular formula is C23H36N4O. The molecular weight excluding hydrogens is 348 g/mol. The third-order valence-electron chi connectivity index (χ3n) is 7.44. The minimum Gasteiger partial charge on any atom is -0.342 e. The zero-order valence-electron chi connectivity index (χ0n) is 17.6. The molecule has 4 rings (SSSR count). The second-order valence-electron chi connectivity index (χ2n) is 9.65. The fraction of sp³-hybridized carbons (Fsp3) is 0.739. The van der Waals surface area contributed by atoms with Gasteiger partial charge in [0.05, 0.1) is 5.41 Å². The van der Waals surface area contributed by atoms with Crippen molar-refractivity contribution < 1.29 is 4.79 Å². The van der Waals surface area contributed by atoms with Crippen molar-refractivity contribution in [1.29, 1.82) is 0 Å². The van der Waals surface area contributed by atoms with Crippen LogP contribution in [0.2, 0.25) is 0 Å². The maximum Gasteiger partial charge on any atom is 0.229 e. The number of hydrogen-bond donors (Lipinski definition) is 0. The summed E-state index contributed by atoms with van der Waals surface area (Å²) in [5.74, 6) is 2.06. The van der Waals surface area contributed by atoms with Crippen LogP contribution in [0.3, 0.4) is 0 Å². The Labute approximate surface area is 170 Å².